The molecule has 11 rings (SSSR count). The zero-order valence-corrected chi connectivity index (χ0v) is 30.2. The van der Waals surface area contributed by atoms with E-state index in [-0.39, 0.29) is 0 Å². The molecule has 0 aliphatic rings. The van der Waals surface area contributed by atoms with Crippen LogP contribution in [-0.4, -0.2) is 9.97 Å². The van der Waals surface area contributed by atoms with Crippen molar-refractivity contribution in [1.29, 1.82) is 0 Å². The van der Waals surface area contributed by atoms with Crippen molar-refractivity contribution in [3.63, 3.8) is 0 Å². The molecule has 0 N–H and O–H groups in total. The van der Waals surface area contributed by atoms with Crippen LogP contribution in [0.25, 0.3) is 111 Å². The minimum Gasteiger partial charge on any atom is -0.455 e. The molecular formula is C52H32N2O2. The molecule has 0 spiro atoms. The molecule has 0 aliphatic heterocycles. The van der Waals surface area contributed by atoms with Crippen molar-refractivity contribution >= 4 is 43.9 Å². The molecule has 0 saturated carbocycles. The maximum Gasteiger partial charge on any atom is 0.160 e. The fraction of sp³-hybridized carbons (Fsp3) is 0. The Hall–Kier alpha value is -7.56. The summed E-state index contributed by atoms with van der Waals surface area (Å²) in [6.07, 6.45) is 0. The molecular weight excluding hydrogens is 685 g/mol. The first-order valence-electron chi connectivity index (χ1n) is 18.8. The van der Waals surface area contributed by atoms with Crippen molar-refractivity contribution < 1.29 is 8.83 Å². The van der Waals surface area contributed by atoms with Crippen LogP contribution in [0.2, 0.25) is 0 Å². The van der Waals surface area contributed by atoms with Gasteiger partial charge in [0.2, 0.25) is 0 Å². The number of aromatic nitrogens is 2. The number of para-hydroxylation sites is 4. The summed E-state index contributed by atoms with van der Waals surface area (Å²) in [5, 5.41) is 4.33. The number of furan rings is 2. The third-order valence-corrected chi connectivity index (χ3v) is 10.7. The predicted octanol–water partition coefficient (Wildman–Crippen LogP) is 14.3. The van der Waals surface area contributed by atoms with Gasteiger partial charge in [-0.05, 0) is 76.3 Å². The van der Waals surface area contributed by atoms with Crippen LogP contribution in [0.5, 0.6) is 0 Å². The molecule has 0 atom stereocenters. The van der Waals surface area contributed by atoms with E-state index in [0.717, 1.165) is 99.8 Å². The molecule has 0 amide bonds. The van der Waals surface area contributed by atoms with E-state index in [1.54, 1.807) is 0 Å². The van der Waals surface area contributed by atoms with E-state index in [1.165, 1.54) is 5.56 Å². The molecule has 4 heteroatoms. The van der Waals surface area contributed by atoms with Crippen LogP contribution in [0.4, 0.5) is 0 Å². The highest BCUT2D eigenvalue weighted by atomic mass is 16.3. The Morgan fingerprint density at radius 1 is 0.286 bits per heavy atom. The summed E-state index contributed by atoms with van der Waals surface area (Å²) in [4.78, 5) is 10.5. The van der Waals surface area contributed by atoms with Gasteiger partial charge in [-0.25, -0.2) is 9.97 Å². The average Bonchev–Trinajstić information content (AvgIpc) is 3.86. The number of benzene rings is 8. The monoisotopic (exact) mass is 716 g/mol. The van der Waals surface area contributed by atoms with Crippen molar-refractivity contribution in [1.82, 2.24) is 9.97 Å². The number of hydrogen-bond donors (Lipinski definition) is 0. The lowest BCUT2D eigenvalue weighted by molar-refractivity contribution is 0.669. The van der Waals surface area contributed by atoms with Crippen LogP contribution >= 0.6 is 0 Å². The standard InChI is InChI=1S/C52H32N2O2/c1-3-14-33(15-4-1)35-18-11-19-36(28-35)37-29-38(40-22-12-23-43-41-20-7-9-26-48(41)55-50(40)43)31-39(30-37)46-32-47(54-52(53-46)34-16-5-2-6-17-34)45-25-13-24-44-42-21-8-10-27-49(42)56-51(44)45/h1-32H. The minimum absolute atomic E-state index is 0.642. The van der Waals surface area contributed by atoms with Crippen molar-refractivity contribution in [3.05, 3.63) is 194 Å². The molecule has 56 heavy (non-hydrogen) atoms. The summed E-state index contributed by atoms with van der Waals surface area (Å²) in [5.41, 5.74) is 14.4. The molecule has 0 radical (unpaired) electrons. The van der Waals surface area contributed by atoms with Gasteiger partial charge in [0, 0.05) is 43.8 Å². The molecule has 0 aliphatic carbocycles. The lowest BCUT2D eigenvalue weighted by atomic mass is 9.92. The molecule has 3 aromatic heterocycles. The van der Waals surface area contributed by atoms with Gasteiger partial charge >= 0.3 is 0 Å². The van der Waals surface area contributed by atoms with E-state index >= 15 is 0 Å². The van der Waals surface area contributed by atoms with E-state index in [9.17, 15) is 0 Å². The van der Waals surface area contributed by atoms with Gasteiger partial charge in [-0.2, -0.15) is 0 Å². The van der Waals surface area contributed by atoms with E-state index in [2.05, 4.69) is 146 Å². The second-order valence-corrected chi connectivity index (χ2v) is 14.1. The van der Waals surface area contributed by atoms with E-state index in [0.29, 0.717) is 5.82 Å². The summed E-state index contributed by atoms with van der Waals surface area (Å²) in [7, 11) is 0. The Bertz CT molecular complexity index is 3250. The van der Waals surface area contributed by atoms with Gasteiger partial charge in [0.05, 0.1) is 11.4 Å². The molecule has 11 aromatic rings. The van der Waals surface area contributed by atoms with E-state index < -0.39 is 0 Å². The summed E-state index contributed by atoms with van der Waals surface area (Å²) < 4.78 is 13.1. The maximum atomic E-state index is 6.59. The third kappa shape index (κ3) is 5.47. The van der Waals surface area contributed by atoms with Crippen molar-refractivity contribution in [2.75, 3.05) is 0 Å². The zero-order valence-electron chi connectivity index (χ0n) is 30.2. The third-order valence-electron chi connectivity index (χ3n) is 10.7. The summed E-state index contributed by atoms with van der Waals surface area (Å²) in [5.74, 6) is 0.642. The Labute approximate surface area is 323 Å². The number of nitrogens with zero attached hydrogens (tertiary/aromatic N) is 2. The lowest BCUT2D eigenvalue weighted by Crippen LogP contribution is -1.97. The van der Waals surface area contributed by atoms with Gasteiger partial charge in [0.1, 0.15) is 22.3 Å². The summed E-state index contributed by atoms with van der Waals surface area (Å²) >= 11 is 0. The first kappa shape index (κ1) is 31.9. The predicted molar refractivity (Wildman–Crippen MR) is 229 cm³/mol. The molecule has 4 nitrogen and oxygen atoms in total. The molecule has 0 saturated heterocycles. The number of fused-ring (bicyclic) bond motifs is 6. The van der Waals surface area contributed by atoms with Gasteiger partial charge < -0.3 is 8.83 Å². The molecule has 0 fully saturated rings. The second-order valence-electron chi connectivity index (χ2n) is 14.1. The Morgan fingerprint density at radius 3 is 1.45 bits per heavy atom. The normalized spacial score (nSPS) is 11.6. The lowest BCUT2D eigenvalue weighted by Gasteiger charge is -2.14. The molecule has 3 heterocycles. The van der Waals surface area contributed by atoms with Crippen molar-refractivity contribution in [2.24, 2.45) is 0 Å². The fourth-order valence-electron chi connectivity index (χ4n) is 7.98. The topological polar surface area (TPSA) is 52.1 Å². The van der Waals surface area contributed by atoms with Gasteiger partial charge in [-0.1, -0.05) is 146 Å². The second kappa shape index (κ2) is 13.1. The highest BCUT2D eigenvalue weighted by molar-refractivity contribution is 6.11. The van der Waals surface area contributed by atoms with Crippen LogP contribution in [0, 0.1) is 0 Å². The SMILES string of the molecule is c1ccc(-c2cccc(-c3cc(-c4cc(-c5cccc6c5oc5ccccc56)nc(-c5ccccc5)n4)cc(-c4cccc5c4oc4ccccc45)c3)c2)cc1. The van der Waals surface area contributed by atoms with Gasteiger partial charge in [0.25, 0.3) is 0 Å². The first-order valence-corrected chi connectivity index (χ1v) is 18.8. The molecule has 262 valence electrons. The van der Waals surface area contributed by atoms with Crippen LogP contribution in [0.1, 0.15) is 0 Å². The van der Waals surface area contributed by atoms with Gasteiger partial charge in [-0.15, -0.1) is 0 Å². The van der Waals surface area contributed by atoms with Crippen LogP contribution < -0.4 is 0 Å². The first-order chi connectivity index (χ1) is 27.7. The zero-order chi connectivity index (χ0) is 37.0. The van der Waals surface area contributed by atoms with Crippen molar-refractivity contribution in [3.8, 4) is 67.3 Å². The molecule has 8 aromatic carbocycles. The molecule has 0 unspecified atom stereocenters. The quantitative estimate of drug-likeness (QED) is 0.172. The number of rotatable bonds is 6. The van der Waals surface area contributed by atoms with Gasteiger partial charge in [0.15, 0.2) is 5.82 Å². The van der Waals surface area contributed by atoms with Crippen LogP contribution in [0.3, 0.4) is 0 Å². The van der Waals surface area contributed by atoms with Crippen LogP contribution in [0.15, 0.2) is 203 Å². The minimum atomic E-state index is 0.642. The van der Waals surface area contributed by atoms with Crippen LogP contribution in [-0.2, 0) is 0 Å². The Balaban J connectivity index is 1.17. The largest absolute Gasteiger partial charge is 0.455 e. The maximum absolute atomic E-state index is 6.59. The van der Waals surface area contributed by atoms with E-state index in [4.69, 9.17) is 18.8 Å². The Morgan fingerprint density at radius 2 is 0.750 bits per heavy atom. The van der Waals surface area contributed by atoms with Crippen molar-refractivity contribution in [2.45, 2.75) is 0 Å². The summed E-state index contributed by atoms with van der Waals surface area (Å²) in [6.45, 7) is 0. The average molecular weight is 717 g/mol. The smallest absolute Gasteiger partial charge is 0.160 e. The van der Waals surface area contributed by atoms with Gasteiger partial charge in [-0.3, -0.25) is 0 Å². The summed E-state index contributed by atoms with van der Waals surface area (Å²) in [6, 6.07) is 67.4. The van der Waals surface area contributed by atoms with E-state index in [1.807, 2.05) is 48.5 Å². The molecule has 0 bridgehead atoms. The highest BCUT2D eigenvalue weighted by Gasteiger charge is 2.19. The highest BCUT2D eigenvalue weighted by Crippen LogP contribution is 2.41. The Kier molecular flexibility index (Phi) is 7.46. The number of hydrogen-bond acceptors (Lipinski definition) is 4. The fourth-order valence-corrected chi connectivity index (χ4v) is 7.98.